The molecule has 3 N–H and O–H groups in total. The summed E-state index contributed by atoms with van der Waals surface area (Å²) in [6.07, 6.45) is 0.315. The molecule has 134 valence electrons. The van der Waals surface area contributed by atoms with Gasteiger partial charge in [0.1, 0.15) is 18.5 Å². The van der Waals surface area contributed by atoms with E-state index >= 15 is 0 Å². The lowest BCUT2D eigenvalue weighted by Crippen LogP contribution is -2.42. The van der Waals surface area contributed by atoms with Gasteiger partial charge in [-0.05, 0) is 23.8 Å². The molecule has 0 radical (unpaired) electrons. The van der Waals surface area contributed by atoms with E-state index in [0.29, 0.717) is 5.56 Å². The SMILES string of the molecule is COCn1ccc(C(=O)NC(CO)C(O)c2ccc([N+](=O)[O-])cc2)n1. The van der Waals surface area contributed by atoms with Gasteiger partial charge in [0.15, 0.2) is 0 Å². The number of nitro benzene ring substituents is 1. The van der Waals surface area contributed by atoms with Gasteiger partial charge in [-0.3, -0.25) is 14.9 Å². The van der Waals surface area contributed by atoms with Gasteiger partial charge >= 0.3 is 0 Å². The number of aromatic nitrogens is 2. The highest BCUT2D eigenvalue weighted by molar-refractivity contribution is 5.92. The molecular weight excluding hydrogens is 332 g/mol. The molecule has 1 amide bonds. The highest BCUT2D eigenvalue weighted by Gasteiger charge is 2.24. The molecule has 0 saturated carbocycles. The third kappa shape index (κ3) is 4.59. The van der Waals surface area contributed by atoms with Gasteiger partial charge in [0.25, 0.3) is 11.6 Å². The van der Waals surface area contributed by atoms with Crippen molar-refractivity contribution in [3.63, 3.8) is 0 Å². The number of carbonyl (C=O) groups excluding carboxylic acids is 1. The zero-order chi connectivity index (χ0) is 18.4. The molecule has 10 nitrogen and oxygen atoms in total. The van der Waals surface area contributed by atoms with Crippen molar-refractivity contribution in [2.75, 3.05) is 13.7 Å². The second kappa shape index (κ2) is 8.33. The zero-order valence-electron chi connectivity index (χ0n) is 13.4. The molecule has 0 aliphatic carbocycles. The molecule has 0 spiro atoms. The monoisotopic (exact) mass is 350 g/mol. The normalized spacial score (nSPS) is 13.2. The molecular formula is C15H18N4O6. The Morgan fingerprint density at radius 2 is 2.08 bits per heavy atom. The number of methoxy groups -OCH3 is 1. The molecule has 0 saturated heterocycles. The van der Waals surface area contributed by atoms with Crippen LogP contribution in [0, 0.1) is 10.1 Å². The van der Waals surface area contributed by atoms with Crippen molar-refractivity contribution >= 4 is 11.6 Å². The standard InChI is InChI=1S/C15H18N4O6/c1-25-9-18-7-6-12(17-18)15(22)16-13(8-20)14(21)10-2-4-11(5-3-10)19(23)24/h2-7,13-14,20-21H,8-9H2,1H3,(H,16,22). The van der Waals surface area contributed by atoms with Crippen molar-refractivity contribution in [3.8, 4) is 0 Å². The summed E-state index contributed by atoms with van der Waals surface area (Å²) in [6, 6.07) is 5.68. The molecule has 0 aliphatic rings. The number of amides is 1. The molecule has 2 aromatic rings. The average Bonchev–Trinajstić information content (AvgIpc) is 3.08. The number of hydrogen-bond acceptors (Lipinski definition) is 7. The van der Waals surface area contributed by atoms with Gasteiger partial charge in [-0.15, -0.1) is 0 Å². The zero-order valence-corrected chi connectivity index (χ0v) is 13.4. The van der Waals surface area contributed by atoms with Crippen LogP contribution >= 0.6 is 0 Å². The maximum Gasteiger partial charge on any atom is 0.272 e. The van der Waals surface area contributed by atoms with Crippen molar-refractivity contribution in [1.29, 1.82) is 0 Å². The predicted octanol–water partition coefficient (Wildman–Crippen LogP) is 0.220. The number of aliphatic hydroxyl groups is 2. The Bertz CT molecular complexity index is 730. The quantitative estimate of drug-likeness (QED) is 0.457. The van der Waals surface area contributed by atoms with Crippen molar-refractivity contribution in [1.82, 2.24) is 15.1 Å². The van der Waals surface area contributed by atoms with Crippen LogP contribution in [0.3, 0.4) is 0 Å². The first-order valence-electron chi connectivity index (χ1n) is 7.32. The Morgan fingerprint density at radius 3 is 2.64 bits per heavy atom. The summed E-state index contributed by atoms with van der Waals surface area (Å²) in [5.41, 5.74) is 0.311. The number of nitrogens with one attached hydrogen (secondary N) is 1. The number of non-ortho nitro benzene ring substituents is 1. The Morgan fingerprint density at radius 1 is 1.40 bits per heavy atom. The van der Waals surface area contributed by atoms with E-state index in [0.717, 1.165) is 0 Å². The van der Waals surface area contributed by atoms with Crippen LogP contribution in [0.2, 0.25) is 0 Å². The fraction of sp³-hybridized carbons (Fsp3) is 0.333. The molecule has 1 heterocycles. The third-order valence-electron chi connectivity index (χ3n) is 3.47. The minimum Gasteiger partial charge on any atom is -0.394 e. The maximum absolute atomic E-state index is 12.2. The number of nitrogens with zero attached hydrogens (tertiary/aromatic N) is 3. The molecule has 2 rings (SSSR count). The molecule has 0 bridgehead atoms. The Balaban J connectivity index is 2.06. The molecule has 1 aromatic carbocycles. The third-order valence-corrected chi connectivity index (χ3v) is 3.47. The summed E-state index contributed by atoms with van der Waals surface area (Å²) >= 11 is 0. The van der Waals surface area contributed by atoms with Crippen molar-refractivity contribution in [2.24, 2.45) is 0 Å². The summed E-state index contributed by atoms with van der Waals surface area (Å²) in [6.45, 7) is -0.342. The summed E-state index contributed by atoms with van der Waals surface area (Å²) in [7, 11) is 1.49. The van der Waals surface area contributed by atoms with E-state index in [1.165, 1.54) is 42.1 Å². The smallest absolute Gasteiger partial charge is 0.272 e. The van der Waals surface area contributed by atoms with Crippen LogP contribution in [0.15, 0.2) is 36.5 Å². The Kier molecular flexibility index (Phi) is 6.17. The van der Waals surface area contributed by atoms with Crippen LogP contribution in [0.1, 0.15) is 22.2 Å². The number of carbonyl (C=O) groups is 1. The largest absolute Gasteiger partial charge is 0.394 e. The Labute approximate surface area is 142 Å². The fourth-order valence-electron chi connectivity index (χ4n) is 2.18. The summed E-state index contributed by atoms with van der Waals surface area (Å²) in [4.78, 5) is 22.3. The highest BCUT2D eigenvalue weighted by Crippen LogP contribution is 2.20. The van der Waals surface area contributed by atoms with Crippen LogP contribution < -0.4 is 5.32 Å². The second-order valence-electron chi connectivity index (χ2n) is 5.21. The van der Waals surface area contributed by atoms with Crippen LogP contribution in [-0.2, 0) is 11.5 Å². The lowest BCUT2D eigenvalue weighted by atomic mass is 10.0. The number of benzene rings is 1. The average molecular weight is 350 g/mol. The molecule has 10 heteroatoms. The first kappa shape index (κ1) is 18.5. The van der Waals surface area contributed by atoms with Crippen molar-refractivity contribution in [3.05, 3.63) is 57.9 Å². The molecule has 0 aliphatic heterocycles. The second-order valence-corrected chi connectivity index (χ2v) is 5.21. The number of rotatable bonds is 8. The van der Waals surface area contributed by atoms with Gasteiger partial charge in [0.05, 0.1) is 17.6 Å². The van der Waals surface area contributed by atoms with E-state index in [2.05, 4.69) is 10.4 Å². The summed E-state index contributed by atoms with van der Waals surface area (Å²) < 4.78 is 6.30. The maximum atomic E-state index is 12.2. The number of hydrogen-bond donors (Lipinski definition) is 3. The van der Waals surface area contributed by atoms with Gasteiger partial charge in [-0.25, -0.2) is 4.68 Å². The van der Waals surface area contributed by atoms with E-state index < -0.39 is 29.6 Å². The van der Waals surface area contributed by atoms with Gasteiger partial charge in [-0.2, -0.15) is 5.10 Å². The van der Waals surface area contributed by atoms with Crippen LogP contribution in [0.25, 0.3) is 0 Å². The summed E-state index contributed by atoms with van der Waals surface area (Å²) in [5, 5.41) is 36.9. The van der Waals surface area contributed by atoms with E-state index in [4.69, 9.17) is 4.74 Å². The molecule has 2 atom stereocenters. The molecule has 0 fully saturated rings. The van der Waals surface area contributed by atoms with E-state index in [-0.39, 0.29) is 18.1 Å². The number of ether oxygens (including phenoxy) is 1. The van der Waals surface area contributed by atoms with Crippen LogP contribution in [0.4, 0.5) is 5.69 Å². The van der Waals surface area contributed by atoms with Gasteiger partial charge in [0.2, 0.25) is 0 Å². The lowest BCUT2D eigenvalue weighted by Gasteiger charge is -2.22. The summed E-state index contributed by atoms with van der Waals surface area (Å²) in [5.74, 6) is -0.574. The van der Waals surface area contributed by atoms with Gasteiger partial charge < -0.3 is 20.3 Å². The van der Waals surface area contributed by atoms with Crippen LogP contribution in [0.5, 0.6) is 0 Å². The Hall–Kier alpha value is -2.82. The topological polar surface area (TPSA) is 140 Å². The minimum atomic E-state index is -1.24. The van der Waals surface area contributed by atoms with Gasteiger partial charge in [-0.1, -0.05) is 0 Å². The fourth-order valence-corrected chi connectivity index (χ4v) is 2.18. The van der Waals surface area contributed by atoms with Crippen LogP contribution in [-0.4, -0.2) is 50.6 Å². The minimum absolute atomic E-state index is 0.103. The number of aliphatic hydroxyl groups excluding tert-OH is 2. The van der Waals surface area contributed by atoms with E-state index in [1.54, 1.807) is 6.20 Å². The highest BCUT2D eigenvalue weighted by atomic mass is 16.6. The molecule has 1 aromatic heterocycles. The lowest BCUT2D eigenvalue weighted by molar-refractivity contribution is -0.384. The van der Waals surface area contributed by atoms with Crippen molar-refractivity contribution in [2.45, 2.75) is 18.9 Å². The van der Waals surface area contributed by atoms with Crippen molar-refractivity contribution < 1.29 is 24.7 Å². The molecule has 2 unspecified atom stereocenters. The number of nitro groups is 1. The predicted molar refractivity (Wildman–Crippen MR) is 85.6 cm³/mol. The van der Waals surface area contributed by atoms with E-state index in [1.807, 2.05) is 0 Å². The first-order chi connectivity index (χ1) is 12.0. The van der Waals surface area contributed by atoms with Gasteiger partial charge in [0, 0.05) is 25.4 Å². The first-order valence-corrected chi connectivity index (χ1v) is 7.32. The molecule has 25 heavy (non-hydrogen) atoms. The van der Waals surface area contributed by atoms with E-state index in [9.17, 15) is 25.1 Å².